The molecule has 5 nitrogen and oxygen atoms in total. The first kappa shape index (κ1) is 18.8. The number of anilines is 1. The number of hydrogen-bond donors (Lipinski definition) is 2. The molecule has 0 heterocycles. The summed E-state index contributed by atoms with van der Waals surface area (Å²) in [5.74, 6) is 1.53. The molecule has 0 fully saturated rings. The number of likely N-dealkylation sites (N-methyl/N-ethyl adjacent to an activating group) is 1. The second-order valence-electron chi connectivity index (χ2n) is 5.86. The molecule has 0 saturated carbocycles. The fourth-order valence-electron chi connectivity index (χ4n) is 2.60. The van der Waals surface area contributed by atoms with Crippen molar-refractivity contribution in [2.45, 2.75) is 20.4 Å². The van der Waals surface area contributed by atoms with Crippen molar-refractivity contribution in [2.24, 2.45) is 0 Å². The van der Waals surface area contributed by atoms with Gasteiger partial charge in [-0.1, -0.05) is 12.1 Å². The molecule has 0 aromatic heterocycles. The lowest BCUT2D eigenvalue weighted by atomic mass is 10.2. The Morgan fingerprint density at radius 1 is 1.00 bits per heavy atom. The van der Waals surface area contributed by atoms with E-state index in [9.17, 15) is 4.79 Å². The molecule has 2 aromatic carbocycles. The van der Waals surface area contributed by atoms with Crippen molar-refractivity contribution in [3.8, 4) is 11.5 Å². The smallest absolute Gasteiger partial charge is 0.279 e. The first-order chi connectivity index (χ1) is 12.1. The van der Waals surface area contributed by atoms with E-state index in [1.165, 1.54) is 5.56 Å². The van der Waals surface area contributed by atoms with E-state index in [-0.39, 0.29) is 5.91 Å². The number of hydrogen-bond acceptors (Lipinski definition) is 3. The molecule has 0 aliphatic carbocycles. The van der Waals surface area contributed by atoms with E-state index in [0.29, 0.717) is 31.2 Å². The van der Waals surface area contributed by atoms with Crippen molar-refractivity contribution in [1.82, 2.24) is 0 Å². The number of carbonyl (C=O) groups excluding carboxylic acids is 1. The molecule has 0 bridgehead atoms. The third-order valence-electron chi connectivity index (χ3n) is 3.66. The molecular weight excluding hydrogens is 316 g/mol. The van der Waals surface area contributed by atoms with E-state index in [4.69, 9.17) is 9.47 Å². The maximum absolute atomic E-state index is 12.3. The highest BCUT2D eigenvalue weighted by Gasteiger charge is 2.13. The van der Waals surface area contributed by atoms with Crippen LogP contribution in [0.2, 0.25) is 0 Å². The third kappa shape index (κ3) is 6.12. The van der Waals surface area contributed by atoms with Crippen LogP contribution < -0.4 is 19.7 Å². The van der Waals surface area contributed by atoms with Gasteiger partial charge in [-0.15, -0.1) is 0 Å². The maximum Gasteiger partial charge on any atom is 0.279 e. The molecule has 0 aliphatic heterocycles. The molecule has 2 N–H and O–H groups in total. The van der Waals surface area contributed by atoms with E-state index in [1.807, 2.05) is 69.4 Å². The largest absolute Gasteiger partial charge is 0.494 e. The minimum atomic E-state index is -0.0319. The molecule has 0 aliphatic rings. The number of carbonyl (C=O) groups is 1. The van der Waals surface area contributed by atoms with Crippen molar-refractivity contribution in [2.75, 3.05) is 32.1 Å². The standard InChI is InChI=1S/C20H26N2O3/c1-4-24-17-12-10-16(11-13-17)14-22(3)15-20(23)21-18-8-6-7-9-19(18)25-5-2/h6-13H,4-5,14-15H2,1-3H3,(H,21,23)/p+1. The Morgan fingerprint density at radius 2 is 1.68 bits per heavy atom. The fraction of sp³-hybridized carbons (Fsp3) is 0.350. The Bertz CT molecular complexity index is 671. The maximum atomic E-state index is 12.3. The molecule has 25 heavy (non-hydrogen) atoms. The van der Waals surface area contributed by atoms with Gasteiger partial charge in [-0.3, -0.25) is 4.79 Å². The lowest BCUT2D eigenvalue weighted by Crippen LogP contribution is -3.08. The minimum absolute atomic E-state index is 0.0319. The summed E-state index contributed by atoms with van der Waals surface area (Å²) in [5, 5.41) is 2.93. The van der Waals surface area contributed by atoms with E-state index >= 15 is 0 Å². The summed E-state index contributed by atoms with van der Waals surface area (Å²) in [4.78, 5) is 13.4. The van der Waals surface area contributed by atoms with Crippen LogP contribution in [0.25, 0.3) is 0 Å². The number of nitrogens with one attached hydrogen (secondary N) is 2. The molecule has 1 amide bonds. The lowest BCUT2D eigenvalue weighted by molar-refractivity contribution is -0.885. The summed E-state index contributed by atoms with van der Waals surface area (Å²) < 4.78 is 11.0. The van der Waals surface area contributed by atoms with Crippen LogP contribution in [-0.2, 0) is 11.3 Å². The normalized spacial score (nSPS) is 11.6. The second-order valence-corrected chi connectivity index (χ2v) is 5.86. The minimum Gasteiger partial charge on any atom is -0.494 e. The van der Waals surface area contributed by atoms with Gasteiger partial charge in [-0.05, 0) is 50.2 Å². The Kier molecular flexibility index (Phi) is 7.29. The van der Waals surface area contributed by atoms with Crippen LogP contribution in [0.15, 0.2) is 48.5 Å². The fourth-order valence-corrected chi connectivity index (χ4v) is 2.60. The van der Waals surface area contributed by atoms with E-state index in [0.717, 1.165) is 17.2 Å². The predicted octanol–water partition coefficient (Wildman–Crippen LogP) is 2.14. The van der Waals surface area contributed by atoms with Crippen LogP contribution in [0, 0.1) is 0 Å². The average molecular weight is 343 g/mol. The summed E-state index contributed by atoms with van der Waals surface area (Å²) in [6.45, 7) is 6.27. The third-order valence-corrected chi connectivity index (χ3v) is 3.66. The van der Waals surface area contributed by atoms with Crippen LogP contribution in [0.5, 0.6) is 11.5 Å². The van der Waals surface area contributed by atoms with Gasteiger partial charge in [0.15, 0.2) is 6.54 Å². The van der Waals surface area contributed by atoms with Crippen molar-refractivity contribution in [1.29, 1.82) is 0 Å². The second kappa shape index (κ2) is 9.69. The number of amides is 1. The van der Waals surface area contributed by atoms with E-state index < -0.39 is 0 Å². The van der Waals surface area contributed by atoms with Crippen LogP contribution in [0.1, 0.15) is 19.4 Å². The van der Waals surface area contributed by atoms with Crippen LogP contribution in [0.4, 0.5) is 5.69 Å². The number of quaternary nitrogens is 1. The molecule has 0 radical (unpaired) electrons. The Labute approximate surface area is 149 Å². The zero-order valence-electron chi connectivity index (χ0n) is 15.2. The van der Waals surface area contributed by atoms with Gasteiger partial charge in [0.2, 0.25) is 0 Å². The van der Waals surface area contributed by atoms with Gasteiger partial charge in [0.25, 0.3) is 5.91 Å². The zero-order chi connectivity index (χ0) is 18.1. The van der Waals surface area contributed by atoms with Crippen molar-refractivity contribution in [3.63, 3.8) is 0 Å². The molecule has 5 heteroatoms. The zero-order valence-corrected chi connectivity index (χ0v) is 15.2. The lowest BCUT2D eigenvalue weighted by Gasteiger charge is -2.15. The average Bonchev–Trinajstić information content (AvgIpc) is 2.59. The number of benzene rings is 2. The molecule has 1 atom stereocenters. The Morgan fingerprint density at radius 3 is 2.36 bits per heavy atom. The summed E-state index contributed by atoms with van der Waals surface area (Å²) in [7, 11) is 2.00. The molecule has 2 aromatic rings. The summed E-state index contributed by atoms with van der Waals surface area (Å²) >= 11 is 0. The Balaban J connectivity index is 1.87. The first-order valence-electron chi connectivity index (χ1n) is 8.67. The van der Waals surface area contributed by atoms with Gasteiger partial charge >= 0.3 is 0 Å². The highest BCUT2D eigenvalue weighted by Crippen LogP contribution is 2.23. The molecule has 0 spiro atoms. The predicted molar refractivity (Wildman–Crippen MR) is 99.3 cm³/mol. The molecular formula is C20H27N2O3+. The van der Waals surface area contributed by atoms with Gasteiger partial charge in [0.05, 0.1) is 25.9 Å². The SMILES string of the molecule is CCOc1ccc(C[NH+](C)CC(=O)Nc2ccccc2OCC)cc1. The van der Waals surface area contributed by atoms with Crippen LogP contribution in [0.3, 0.4) is 0 Å². The van der Waals surface area contributed by atoms with Gasteiger partial charge in [0, 0.05) is 5.56 Å². The van der Waals surface area contributed by atoms with Gasteiger partial charge in [0.1, 0.15) is 18.0 Å². The summed E-state index contributed by atoms with van der Waals surface area (Å²) in [5.41, 5.74) is 1.88. The molecule has 134 valence electrons. The quantitative estimate of drug-likeness (QED) is 0.733. The highest BCUT2D eigenvalue weighted by molar-refractivity contribution is 5.92. The van der Waals surface area contributed by atoms with Crippen molar-refractivity contribution >= 4 is 11.6 Å². The number of para-hydroxylation sites is 2. The number of ether oxygens (including phenoxy) is 2. The summed E-state index contributed by atoms with van der Waals surface area (Å²) in [6.07, 6.45) is 0. The van der Waals surface area contributed by atoms with Gasteiger partial charge < -0.3 is 19.7 Å². The highest BCUT2D eigenvalue weighted by atomic mass is 16.5. The van der Waals surface area contributed by atoms with Crippen LogP contribution >= 0.6 is 0 Å². The van der Waals surface area contributed by atoms with E-state index in [2.05, 4.69) is 5.32 Å². The van der Waals surface area contributed by atoms with E-state index in [1.54, 1.807) is 0 Å². The molecule has 2 rings (SSSR count). The van der Waals surface area contributed by atoms with Crippen molar-refractivity contribution in [3.05, 3.63) is 54.1 Å². The topological polar surface area (TPSA) is 52.0 Å². The summed E-state index contributed by atoms with van der Waals surface area (Å²) in [6, 6.07) is 15.5. The molecule has 1 unspecified atom stereocenters. The van der Waals surface area contributed by atoms with Gasteiger partial charge in [-0.2, -0.15) is 0 Å². The van der Waals surface area contributed by atoms with Crippen LogP contribution in [-0.4, -0.2) is 32.7 Å². The van der Waals surface area contributed by atoms with Gasteiger partial charge in [-0.25, -0.2) is 0 Å². The number of rotatable bonds is 9. The first-order valence-corrected chi connectivity index (χ1v) is 8.67. The Hall–Kier alpha value is -2.53. The van der Waals surface area contributed by atoms with Crippen molar-refractivity contribution < 1.29 is 19.2 Å². The molecule has 0 saturated heterocycles. The monoisotopic (exact) mass is 343 g/mol.